The van der Waals surface area contributed by atoms with Crippen molar-refractivity contribution in [3.8, 4) is 0 Å². The Balaban J connectivity index is 1.87. The highest BCUT2D eigenvalue weighted by molar-refractivity contribution is 6.35. The number of fused-ring (bicyclic) bond motifs is 1. The molecule has 0 aliphatic rings. The van der Waals surface area contributed by atoms with Gasteiger partial charge in [0.2, 0.25) is 5.91 Å². The zero-order valence-electron chi connectivity index (χ0n) is 12.5. The average Bonchev–Trinajstić information content (AvgIpc) is 2.89. The largest absolute Gasteiger partial charge is 0.323 e. The number of imidazole rings is 1. The summed E-state index contributed by atoms with van der Waals surface area (Å²) in [6.07, 6.45) is 0.750. The predicted octanol–water partition coefficient (Wildman–Crippen LogP) is 4.54. The highest BCUT2D eigenvalue weighted by Crippen LogP contribution is 2.25. The molecule has 0 radical (unpaired) electrons. The summed E-state index contributed by atoms with van der Waals surface area (Å²) >= 11 is 12.0. The van der Waals surface area contributed by atoms with Crippen LogP contribution >= 0.6 is 23.2 Å². The van der Waals surface area contributed by atoms with Crippen molar-refractivity contribution in [3.63, 3.8) is 0 Å². The zero-order chi connectivity index (χ0) is 16.4. The van der Waals surface area contributed by atoms with E-state index >= 15 is 0 Å². The van der Waals surface area contributed by atoms with Crippen LogP contribution in [-0.2, 0) is 17.8 Å². The van der Waals surface area contributed by atoms with Crippen molar-refractivity contribution < 1.29 is 4.79 Å². The maximum atomic E-state index is 12.4. The molecule has 6 heteroatoms. The van der Waals surface area contributed by atoms with Gasteiger partial charge in [0.1, 0.15) is 12.4 Å². The number of carbonyl (C=O) groups is 1. The summed E-state index contributed by atoms with van der Waals surface area (Å²) in [5.41, 5.74) is 2.33. The zero-order valence-corrected chi connectivity index (χ0v) is 14.0. The number of hydrogen-bond donors (Lipinski definition) is 1. The van der Waals surface area contributed by atoms with Gasteiger partial charge in [-0.25, -0.2) is 4.98 Å². The Bertz CT molecular complexity index is 873. The minimum Gasteiger partial charge on any atom is -0.323 e. The van der Waals surface area contributed by atoms with E-state index in [9.17, 15) is 4.79 Å². The van der Waals surface area contributed by atoms with Crippen LogP contribution < -0.4 is 5.32 Å². The van der Waals surface area contributed by atoms with Gasteiger partial charge in [0, 0.05) is 11.4 Å². The van der Waals surface area contributed by atoms with Gasteiger partial charge in [0.05, 0.1) is 21.7 Å². The number of aromatic nitrogens is 2. The summed E-state index contributed by atoms with van der Waals surface area (Å²) in [5.74, 6) is 0.700. The molecule has 1 N–H and O–H groups in total. The van der Waals surface area contributed by atoms with Crippen molar-refractivity contribution in [2.24, 2.45) is 0 Å². The van der Waals surface area contributed by atoms with E-state index in [1.807, 2.05) is 35.8 Å². The summed E-state index contributed by atoms with van der Waals surface area (Å²) in [7, 11) is 0. The van der Waals surface area contributed by atoms with Crippen LogP contribution in [0.15, 0.2) is 42.5 Å². The van der Waals surface area contributed by atoms with E-state index < -0.39 is 0 Å². The van der Waals surface area contributed by atoms with Crippen molar-refractivity contribution in [1.82, 2.24) is 9.55 Å². The molecule has 23 heavy (non-hydrogen) atoms. The molecule has 0 spiro atoms. The molecule has 0 saturated heterocycles. The maximum Gasteiger partial charge on any atom is 0.244 e. The summed E-state index contributed by atoms with van der Waals surface area (Å²) in [6.45, 7) is 2.19. The van der Waals surface area contributed by atoms with Gasteiger partial charge in [-0.3, -0.25) is 4.79 Å². The average molecular weight is 348 g/mol. The Hall–Kier alpha value is -2.04. The molecule has 1 amide bonds. The highest BCUT2D eigenvalue weighted by atomic mass is 35.5. The fourth-order valence-corrected chi connectivity index (χ4v) is 2.84. The van der Waals surface area contributed by atoms with Gasteiger partial charge in [-0.05, 0) is 30.3 Å². The van der Waals surface area contributed by atoms with Gasteiger partial charge in [-0.15, -0.1) is 0 Å². The van der Waals surface area contributed by atoms with E-state index in [0.717, 1.165) is 23.3 Å². The quantitative estimate of drug-likeness (QED) is 0.752. The predicted molar refractivity (Wildman–Crippen MR) is 94.2 cm³/mol. The van der Waals surface area contributed by atoms with Crippen LogP contribution in [0, 0.1) is 0 Å². The van der Waals surface area contributed by atoms with E-state index in [1.165, 1.54) is 0 Å². The molecule has 0 unspecified atom stereocenters. The number of benzene rings is 2. The van der Waals surface area contributed by atoms with Crippen LogP contribution in [0.3, 0.4) is 0 Å². The topological polar surface area (TPSA) is 46.9 Å². The van der Waals surface area contributed by atoms with Crippen molar-refractivity contribution in [1.29, 1.82) is 0 Å². The molecular formula is C17H15Cl2N3O. The van der Waals surface area contributed by atoms with Gasteiger partial charge in [-0.2, -0.15) is 0 Å². The molecular weight excluding hydrogens is 333 g/mol. The fourth-order valence-electron chi connectivity index (χ4n) is 2.50. The lowest BCUT2D eigenvalue weighted by molar-refractivity contribution is -0.116. The number of anilines is 1. The van der Waals surface area contributed by atoms with Crippen LogP contribution in [0.5, 0.6) is 0 Å². The second-order valence-electron chi connectivity index (χ2n) is 5.13. The summed E-state index contributed by atoms with van der Waals surface area (Å²) < 4.78 is 1.92. The number of nitrogens with one attached hydrogen (secondary N) is 1. The highest BCUT2D eigenvalue weighted by Gasteiger charge is 2.13. The second-order valence-corrected chi connectivity index (χ2v) is 5.97. The van der Waals surface area contributed by atoms with E-state index in [1.54, 1.807) is 18.2 Å². The third-order valence-corrected chi connectivity index (χ3v) is 4.12. The van der Waals surface area contributed by atoms with Crippen LogP contribution in [0.2, 0.25) is 10.0 Å². The third kappa shape index (κ3) is 3.33. The van der Waals surface area contributed by atoms with Crippen molar-refractivity contribution in [2.75, 3.05) is 5.32 Å². The van der Waals surface area contributed by atoms with Gasteiger partial charge in [-0.1, -0.05) is 42.3 Å². The number of hydrogen-bond acceptors (Lipinski definition) is 2. The van der Waals surface area contributed by atoms with E-state index in [-0.39, 0.29) is 12.5 Å². The number of nitrogens with zero attached hydrogens (tertiary/aromatic N) is 2. The number of amides is 1. The fraction of sp³-hybridized carbons (Fsp3) is 0.176. The molecule has 0 aliphatic carbocycles. The molecule has 3 aromatic rings. The van der Waals surface area contributed by atoms with Crippen LogP contribution in [0.4, 0.5) is 5.69 Å². The molecule has 0 atom stereocenters. The van der Waals surface area contributed by atoms with Crippen LogP contribution in [0.1, 0.15) is 12.7 Å². The normalized spacial score (nSPS) is 10.9. The number of aryl methyl sites for hydroxylation is 1. The number of carbonyl (C=O) groups excluding carboxylic acids is 1. The van der Waals surface area contributed by atoms with Crippen LogP contribution in [0.25, 0.3) is 11.0 Å². The number of halogens is 2. The van der Waals surface area contributed by atoms with Gasteiger partial charge < -0.3 is 9.88 Å². The van der Waals surface area contributed by atoms with E-state index in [4.69, 9.17) is 23.2 Å². The summed E-state index contributed by atoms with van der Waals surface area (Å²) in [4.78, 5) is 17.0. The Morgan fingerprint density at radius 1 is 1.22 bits per heavy atom. The summed E-state index contributed by atoms with van der Waals surface area (Å²) in [6, 6.07) is 12.7. The minimum atomic E-state index is -0.174. The molecule has 1 heterocycles. The lowest BCUT2D eigenvalue weighted by Crippen LogP contribution is -2.20. The standard InChI is InChI=1S/C17H15Cl2N3O/c1-2-16-20-13-5-3-4-6-15(13)22(16)10-17(23)21-14-9-11(18)7-8-12(14)19/h3-9H,2,10H2,1H3,(H,21,23). The monoisotopic (exact) mass is 347 g/mol. The molecule has 4 nitrogen and oxygen atoms in total. The lowest BCUT2D eigenvalue weighted by atomic mass is 10.3. The SMILES string of the molecule is CCc1nc2ccccc2n1CC(=O)Nc1cc(Cl)ccc1Cl. The van der Waals surface area contributed by atoms with Gasteiger partial charge in [0.15, 0.2) is 0 Å². The smallest absolute Gasteiger partial charge is 0.244 e. The number of para-hydroxylation sites is 2. The van der Waals surface area contributed by atoms with Crippen molar-refractivity contribution >= 4 is 45.8 Å². The molecule has 0 saturated carbocycles. The van der Waals surface area contributed by atoms with Crippen LogP contribution in [-0.4, -0.2) is 15.5 Å². The third-order valence-electron chi connectivity index (χ3n) is 3.55. The molecule has 2 aromatic carbocycles. The Kier molecular flexibility index (Phi) is 4.55. The first-order valence-electron chi connectivity index (χ1n) is 7.27. The van der Waals surface area contributed by atoms with E-state index in [2.05, 4.69) is 10.3 Å². The molecule has 0 bridgehead atoms. The molecule has 118 valence electrons. The summed E-state index contributed by atoms with van der Waals surface area (Å²) in [5, 5.41) is 3.77. The van der Waals surface area contributed by atoms with Crippen molar-refractivity contribution in [3.05, 3.63) is 58.3 Å². The van der Waals surface area contributed by atoms with Crippen molar-refractivity contribution in [2.45, 2.75) is 19.9 Å². The Morgan fingerprint density at radius 3 is 2.78 bits per heavy atom. The first kappa shape index (κ1) is 15.8. The Labute approximate surface area is 144 Å². The number of rotatable bonds is 4. The first-order chi connectivity index (χ1) is 11.1. The molecule has 3 rings (SSSR count). The maximum absolute atomic E-state index is 12.4. The lowest BCUT2D eigenvalue weighted by Gasteiger charge is -2.10. The minimum absolute atomic E-state index is 0.173. The Morgan fingerprint density at radius 2 is 2.00 bits per heavy atom. The molecule has 1 aromatic heterocycles. The van der Waals surface area contributed by atoms with Gasteiger partial charge >= 0.3 is 0 Å². The molecule has 0 aliphatic heterocycles. The molecule has 0 fully saturated rings. The van der Waals surface area contributed by atoms with Gasteiger partial charge in [0.25, 0.3) is 0 Å². The second kappa shape index (κ2) is 6.60. The van der Waals surface area contributed by atoms with E-state index in [0.29, 0.717) is 15.7 Å². The first-order valence-corrected chi connectivity index (χ1v) is 8.03.